The van der Waals surface area contributed by atoms with Crippen molar-refractivity contribution in [2.75, 3.05) is 24.3 Å². The molecule has 0 bridgehead atoms. The van der Waals surface area contributed by atoms with Gasteiger partial charge in [-0.25, -0.2) is 8.42 Å². The lowest BCUT2D eigenvalue weighted by molar-refractivity contribution is -0.116. The highest BCUT2D eigenvalue weighted by atomic mass is 32.2. The summed E-state index contributed by atoms with van der Waals surface area (Å²) >= 11 is 0. The Labute approximate surface area is 168 Å². The number of carbonyl (C=O) groups excluding carboxylic acids is 1. The van der Waals surface area contributed by atoms with Crippen molar-refractivity contribution < 1.29 is 22.4 Å². The summed E-state index contributed by atoms with van der Waals surface area (Å²) in [4.78, 5) is 14.3. The summed E-state index contributed by atoms with van der Waals surface area (Å²) in [6, 6.07) is 14.3. The molecule has 0 unspecified atom stereocenters. The van der Waals surface area contributed by atoms with E-state index in [0.29, 0.717) is 17.9 Å². The van der Waals surface area contributed by atoms with Gasteiger partial charge in [0, 0.05) is 17.8 Å². The summed E-state index contributed by atoms with van der Waals surface area (Å²) in [7, 11) is -2.56. The highest BCUT2D eigenvalue weighted by Gasteiger charge is 2.31. The van der Waals surface area contributed by atoms with E-state index in [4.69, 9.17) is 9.15 Å². The maximum Gasteiger partial charge on any atom is 0.336 e. The smallest absolute Gasteiger partial charge is 0.336 e. The van der Waals surface area contributed by atoms with Gasteiger partial charge in [0.05, 0.1) is 7.11 Å². The van der Waals surface area contributed by atoms with E-state index in [-0.39, 0.29) is 5.89 Å². The van der Waals surface area contributed by atoms with Crippen LogP contribution in [0.15, 0.2) is 58.2 Å². The average molecular weight is 413 g/mol. The van der Waals surface area contributed by atoms with Gasteiger partial charge in [0.2, 0.25) is 21.6 Å². The predicted molar refractivity (Wildman–Crippen MR) is 105 cm³/mol. The minimum Gasteiger partial charge on any atom is -0.497 e. The largest absolute Gasteiger partial charge is 0.497 e. The van der Waals surface area contributed by atoms with Crippen molar-refractivity contribution in [3.63, 3.8) is 0 Å². The molecule has 0 N–H and O–H groups in total. The first-order valence-electron chi connectivity index (χ1n) is 9.07. The molecule has 3 aromatic rings. The van der Waals surface area contributed by atoms with Crippen LogP contribution < -0.4 is 9.64 Å². The molecule has 0 aliphatic carbocycles. The fourth-order valence-electron chi connectivity index (χ4n) is 3.30. The fraction of sp³-hybridized carbons (Fsp3) is 0.250. The van der Waals surface area contributed by atoms with Crippen LogP contribution in [0, 0.1) is 0 Å². The van der Waals surface area contributed by atoms with Gasteiger partial charge in [-0.2, -0.15) is 0 Å². The van der Waals surface area contributed by atoms with Crippen LogP contribution in [-0.2, 0) is 21.1 Å². The van der Waals surface area contributed by atoms with Crippen LogP contribution >= 0.6 is 0 Å². The third-order valence-electron chi connectivity index (χ3n) is 4.71. The molecule has 1 aliphatic heterocycles. The van der Waals surface area contributed by atoms with Crippen LogP contribution in [0.25, 0.3) is 11.5 Å². The molecule has 2 heterocycles. The summed E-state index contributed by atoms with van der Waals surface area (Å²) < 4.78 is 35.9. The van der Waals surface area contributed by atoms with Crippen molar-refractivity contribution in [2.24, 2.45) is 0 Å². The van der Waals surface area contributed by atoms with E-state index in [2.05, 4.69) is 10.2 Å². The molecule has 0 saturated heterocycles. The first-order chi connectivity index (χ1) is 14.0. The zero-order chi connectivity index (χ0) is 20.4. The summed E-state index contributed by atoms with van der Waals surface area (Å²) in [5.74, 6) is -0.637. The number of rotatable bonds is 5. The normalized spacial score (nSPS) is 13.8. The molecule has 1 aliphatic rings. The molecule has 1 amide bonds. The first kappa shape index (κ1) is 19.1. The van der Waals surface area contributed by atoms with Crippen LogP contribution in [-0.4, -0.2) is 43.9 Å². The van der Waals surface area contributed by atoms with E-state index in [0.717, 1.165) is 24.1 Å². The summed E-state index contributed by atoms with van der Waals surface area (Å²) in [5, 5.41) is 6.88. The van der Waals surface area contributed by atoms with Crippen LogP contribution in [0.1, 0.15) is 12.0 Å². The maximum absolute atomic E-state index is 12.8. The van der Waals surface area contributed by atoms with E-state index in [1.165, 1.54) is 12.0 Å². The van der Waals surface area contributed by atoms with Gasteiger partial charge in [-0.1, -0.05) is 29.4 Å². The first-order valence-corrected chi connectivity index (χ1v) is 10.7. The summed E-state index contributed by atoms with van der Waals surface area (Å²) in [6.07, 6.45) is 1.64. The molecule has 4 rings (SSSR count). The van der Waals surface area contributed by atoms with Gasteiger partial charge in [-0.05, 0) is 42.7 Å². The second-order valence-electron chi connectivity index (χ2n) is 6.64. The zero-order valence-electron chi connectivity index (χ0n) is 15.7. The van der Waals surface area contributed by atoms with E-state index in [1.807, 2.05) is 24.3 Å². The van der Waals surface area contributed by atoms with Crippen molar-refractivity contribution in [3.05, 3.63) is 54.1 Å². The maximum atomic E-state index is 12.8. The Hall–Kier alpha value is -3.20. The molecule has 150 valence electrons. The predicted octanol–water partition coefficient (Wildman–Crippen LogP) is 2.50. The summed E-state index contributed by atoms with van der Waals surface area (Å²) in [6.45, 7) is 0.476. The van der Waals surface area contributed by atoms with Gasteiger partial charge in [-0.15, -0.1) is 5.10 Å². The molecule has 29 heavy (non-hydrogen) atoms. The lowest BCUT2D eigenvalue weighted by Gasteiger charge is -2.29. The highest BCUT2D eigenvalue weighted by molar-refractivity contribution is 7.91. The van der Waals surface area contributed by atoms with Gasteiger partial charge in [0.1, 0.15) is 11.5 Å². The van der Waals surface area contributed by atoms with Crippen molar-refractivity contribution >= 4 is 21.4 Å². The number of aromatic nitrogens is 2. The minimum atomic E-state index is -4.08. The third kappa shape index (κ3) is 3.86. The fourth-order valence-corrected chi connectivity index (χ4v) is 4.28. The Bertz CT molecular complexity index is 1160. The highest BCUT2D eigenvalue weighted by Crippen LogP contribution is 2.28. The quantitative estimate of drug-likeness (QED) is 0.633. The molecule has 8 nitrogen and oxygen atoms in total. The topological polar surface area (TPSA) is 103 Å². The minimum absolute atomic E-state index is 0.0400. The third-order valence-corrected chi connectivity index (χ3v) is 6.04. The molecule has 0 saturated carbocycles. The van der Waals surface area contributed by atoms with Crippen LogP contribution in [0.2, 0.25) is 0 Å². The molecular formula is C20H19N3O5S. The number of amides is 1. The second-order valence-corrected chi connectivity index (χ2v) is 8.51. The van der Waals surface area contributed by atoms with Crippen LogP contribution in [0.3, 0.4) is 0 Å². The van der Waals surface area contributed by atoms with Crippen molar-refractivity contribution in [1.29, 1.82) is 0 Å². The SMILES string of the molecule is COc1cccc(-c2nnc(S(=O)(=O)CC(=O)N3CCCc4ccccc43)o2)c1. The van der Waals surface area contributed by atoms with Gasteiger partial charge >= 0.3 is 5.22 Å². The number of anilines is 1. The van der Waals surface area contributed by atoms with E-state index >= 15 is 0 Å². The van der Waals surface area contributed by atoms with E-state index in [9.17, 15) is 13.2 Å². The van der Waals surface area contributed by atoms with Crippen molar-refractivity contribution in [2.45, 2.75) is 18.1 Å². The standard InChI is InChI=1S/C20H19N3O5S/c1-27-16-9-4-7-15(12-16)19-21-22-20(28-19)29(25,26)13-18(24)23-11-5-8-14-6-2-3-10-17(14)23/h2-4,6-7,9-10,12H,5,8,11,13H2,1H3. The van der Waals surface area contributed by atoms with Gasteiger partial charge in [0.15, 0.2) is 0 Å². The lowest BCUT2D eigenvalue weighted by Crippen LogP contribution is -2.39. The number of nitrogens with zero attached hydrogens (tertiary/aromatic N) is 3. The number of hydrogen-bond donors (Lipinski definition) is 0. The number of aryl methyl sites for hydroxylation is 1. The summed E-state index contributed by atoms with van der Waals surface area (Å²) in [5.41, 5.74) is 2.30. The molecule has 0 atom stereocenters. The Kier molecular flexibility index (Phi) is 5.06. The molecule has 0 spiro atoms. The van der Waals surface area contributed by atoms with Gasteiger partial charge in [-0.3, -0.25) is 4.79 Å². The van der Waals surface area contributed by atoms with Crippen molar-refractivity contribution in [1.82, 2.24) is 10.2 Å². The lowest BCUT2D eigenvalue weighted by atomic mass is 10.0. The molecular weight excluding hydrogens is 394 g/mol. The number of methoxy groups -OCH3 is 1. The monoisotopic (exact) mass is 413 g/mol. The second kappa shape index (κ2) is 7.67. The zero-order valence-corrected chi connectivity index (χ0v) is 16.6. The Morgan fingerprint density at radius 3 is 2.83 bits per heavy atom. The molecule has 2 aromatic carbocycles. The van der Waals surface area contributed by atoms with Crippen LogP contribution in [0.5, 0.6) is 5.75 Å². The van der Waals surface area contributed by atoms with E-state index < -0.39 is 26.7 Å². The molecule has 0 radical (unpaired) electrons. The number of hydrogen-bond acceptors (Lipinski definition) is 7. The number of sulfone groups is 1. The number of carbonyl (C=O) groups is 1. The van der Waals surface area contributed by atoms with Crippen molar-refractivity contribution in [3.8, 4) is 17.2 Å². The molecule has 1 aromatic heterocycles. The van der Waals surface area contributed by atoms with E-state index in [1.54, 1.807) is 24.3 Å². The van der Waals surface area contributed by atoms with Gasteiger partial charge in [0.25, 0.3) is 0 Å². The van der Waals surface area contributed by atoms with Gasteiger partial charge < -0.3 is 14.1 Å². The number of fused-ring (bicyclic) bond motifs is 1. The number of ether oxygens (including phenoxy) is 1. The Morgan fingerprint density at radius 1 is 1.17 bits per heavy atom. The number of para-hydroxylation sites is 1. The Balaban J connectivity index is 1.55. The molecule has 9 heteroatoms. The number of benzene rings is 2. The average Bonchev–Trinajstić information content (AvgIpc) is 3.24. The Morgan fingerprint density at radius 2 is 2.00 bits per heavy atom. The van der Waals surface area contributed by atoms with Crippen LogP contribution in [0.4, 0.5) is 5.69 Å². The molecule has 0 fully saturated rings.